The van der Waals surface area contributed by atoms with Crippen LogP contribution in [0.3, 0.4) is 0 Å². The molecule has 1 saturated carbocycles. The molecule has 3 rings (SSSR count). The van der Waals surface area contributed by atoms with Gasteiger partial charge in [0, 0.05) is 12.1 Å². The van der Waals surface area contributed by atoms with Gasteiger partial charge in [-0.15, -0.1) is 0 Å². The fourth-order valence-electron chi connectivity index (χ4n) is 2.86. The molecule has 0 spiro atoms. The molecule has 1 aliphatic carbocycles. The van der Waals surface area contributed by atoms with Gasteiger partial charge in [0.05, 0.1) is 15.9 Å². The van der Waals surface area contributed by atoms with Gasteiger partial charge in [0.1, 0.15) is 0 Å². The molecule has 2 aromatic carbocycles. The van der Waals surface area contributed by atoms with Gasteiger partial charge < -0.3 is 0 Å². The third-order valence-corrected chi connectivity index (χ3v) is 5.86. The predicted octanol–water partition coefficient (Wildman–Crippen LogP) is 3.27. The van der Waals surface area contributed by atoms with Crippen molar-refractivity contribution in [3.8, 4) is 0 Å². The Labute approximate surface area is 140 Å². The summed E-state index contributed by atoms with van der Waals surface area (Å²) in [7, 11) is -3.75. The summed E-state index contributed by atoms with van der Waals surface area (Å²) in [5.74, 6) is 0.731. The molecular formula is C17H18N2O4S. The summed E-state index contributed by atoms with van der Waals surface area (Å²) in [4.78, 5) is 10.2. The number of nitro groups is 1. The van der Waals surface area contributed by atoms with Gasteiger partial charge in [-0.1, -0.05) is 37.3 Å². The number of sulfonamides is 1. The molecule has 0 aliphatic heterocycles. The van der Waals surface area contributed by atoms with E-state index in [1.807, 2.05) is 30.3 Å². The second-order valence-electron chi connectivity index (χ2n) is 6.14. The zero-order chi connectivity index (χ0) is 17.3. The third kappa shape index (κ3) is 3.47. The first-order valence-corrected chi connectivity index (χ1v) is 9.18. The van der Waals surface area contributed by atoms with Crippen molar-refractivity contribution in [2.24, 2.45) is 11.8 Å². The van der Waals surface area contributed by atoms with Crippen LogP contribution in [-0.2, 0) is 10.0 Å². The average molecular weight is 346 g/mol. The van der Waals surface area contributed by atoms with Crippen LogP contribution < -0.4 is 4.72 Å². The summed E-state index contributed by atoms with van der Waals surface area (Å²) in [5, 5.41) is 10.7. The Morgan fingerprint density at radius 2 is 1.71 bits per heavy atom. The molecule has 0 saturated heterocycles. The maximum Gasteiger partial charge on any atom is 0.269 e. The van der Waals surface area contributed by atoms with Crippen LogP contribution in [0.2, 0.25) is 0 Å². The lowest BCUT2D eigenvalue weighted by Crippen LogP contribution is -2.30. The van der Waals surface area contributed by atoms with Gasteiger partial charge >= 0.3 is 0 Å². The van der Waals surface area contributed by atoms with E-state index in [2.05, 4.69) is 11.6 Å². The molecule has 3 unspecified atom stereocenters. The quantitative estimate of drug-likeness (QED) is 0.642. The molecule has 126 valence electrons. The first-order chi connectivity index (χ1) is 11.4. The number of hydrogen-bond donors (Lipinski definition) is 1. The minimum Gasteiger partial charge on any atom is -0.258 e. The number of hydrogen-bond acceptors (Lipinski definition) is 4. The predicted molar refractivity (Wildman–Crippen MR) is 89.9 cm³/mol. The van der Waals surface area contributed by atoms with Crippen LogP contribution in [0.4, 0.5) is 5.69 Å². The highest BCUT2D eigenvalue weighted by Crippen LogP contribution is 2.47. The number of nitro benzene ring substituents is 1. The van der Waals surface area contributed by atoms with Gasteiger partial charge in [-0.2, -0.15) is 0 Å². The van der Waals surface area contributed by atoms with Gasteiger partial charge in [-0.25, -0.2) is 13.1 Å². The monoisotopic (exact) mass is 346 g/mol. The van der Waals surface area contributed by atoms with Crippen molar-refractivity contribution in [2.45, 2.75) is 24.3 Å². The molecule has 0 bridgehead atoms. The van der Waals surface area contributed by atoms with Gasteiger partial charge in [-0.05, 0) is 36.0 Å². The Balaban J connectivity index is 1.87. The zero-order valence-corrected chi connectivity index (χ0v) is 13.9. The Bertz CT molecular complexity index is 835. The Morgan fingerprint density at radius 3 is 2.21 bits per heavy atom. The maximum absolute atomic E-state index is 12.7. The highest BCUT2D eigenvalue weighted by atomic mass is 32.2. The van der Waals surface area contributed by atoms with Crippen LogP contribution in [0, 0.1) is 22.0 Å². The lowest BCUT2D eigenvalue weighted by molar-refractivity contribution is -0.384. The second-order valence-corrected chi connectivity index (χ2v) is 7.85. The molecule has 0 radical (unpaired) electrons. The number of rotatable bonds is 6. The van der Waals surface area contributed by atoms with E-state index in [4.69, 9.17) is 0 Å². The first kappa shape index (κ1) is 16.6. The van der Waals surface area contributed by atoms with Crippen LogP contribution in [0.15, 0.2) is 59.5 Å². The van der Waals surface area contributed by atoms with Crippen molar-refractivity contribution in [2.75, 3.05) is 0 Å². The molecule has 2 aromatic rings. The summed E-state index contributed by atoms with van der Waals surface area (Å²) in [5.41, 5.74) is 0.793. The largest absolute Gasteiger partial charge is 0.269 e. The van der Waals surface area contributed by atoms with Gasteiger partial charge in [0.15, 0.2) is 0 Å². The molecular weight excluding hydrogens is 328 g/mol. The maximum atomic E-state index is 12.7. The normalized spacial score (nSPS) is 21.2. The number of nitrogens with zero attached hydrogens (tertiary/aromatic N) is 1. The molecule has 0 aromatic heterocycles. The number of non-ortho nitro benzene ring substituents is 1. The van der Waals surface area contributed by atoms with E-state index >= 15 is 0 Å². The molecule has 24 heavy (non-hydrogen) atoms. The molecule has 1 aliphatic rings. The smallest absolute Gasteiger partial charge is 0.258 e. The topological polar surface area (TPSA) is 89.3 Å². The van der Waals surface area contributed by atoms with Crippen molar-refractivity contribution in [1.82, 2.24) is 4.72 Å². The minimum absolute atomic E-state index is 0.0299. The highest BCUT2D eigenvalue weighted by molar-refractivity contribution is 7.89. The fourth-order valence-corrected chi connectivity index (χ4v) is 4.14. The van der Waals surface area contributed by atoms with Crippen molar-refractivity contribution >= 4 is 15.7 Å². The Morgan fingerprint density at radius 1 is 1.12 bits per heavy atom. The molecule has 1 N–H and O–H groups in total. The Hall–Kier alpha value is -2.25. The molecule has 7 heteroatoms. The summed E-state index contributed by atoms with van der Waals surface area (Å²) >= 11 is 0. The second kappa shape index (κ2) is 6.33. The van der Waals surface area contributed by atoms with Crippen LogP contribution in [0.1, 0.15) is 24.9 Å². The van der Waals surface area contributed by atoms with Crippen LogP contribution in [0.5, 0.6) is 0 Å². The van der Waals surface area contributed by atoms with Crippen molar-refractivity contribution in [3.63, 3.8) is 0 Å². The SMILES string of the molecule is CC1CC1C(NS(=O)(=O)c1ccc([N+](=O)[O-])cc1)c1ccccc1. The van der Waals surface area contributed by atoms with Gasteiger partial charge in [-0.3, -0.25) is 10.1 Å². The van der Waals surface area contributed by atoms with E-state index in [0.717, 1.165) is 12.0 Å². The molecule has 6 nitrogen and oxygen atoms in total. The molecule has 1 fully saturated rings. The van der Waals surface area contributed by atoms with Crippen molar-refractivity contribution in [1.29, 1.82) is 0 Å². The first-order valence-electron chi connectivity index (χ1n) is 7.70. The molecule has 0 heterocycles. The third-order valence-electron chi connectivity index (χ3n) is 4.40. The summed E-state index contributed by atoms with van der Waals surface area (Å²) < 4.78 is 28.1. The molecule has 0 amide bonds. The Kier molecular flexibility index (Phi) is 4.38. The minimum atomic E-state index is -3.75. The zero-order valence-electron chi connectivity index (χ0n) is 13.1. The van der Waals surface area contributed by atoms with Crippen LogP contribution in [0.25, 0.3) is 0 Å². The van der Waals surface area contributed by atoms with Gasteiger partial charge in [0.2, 0.25) is 10.0 Å². The summed E-state index contributed by atoms with van der Waals surface area (Å²) in [6.45, 7) is 2.10. The van der Waals surface area contributed by atoms with E-state index in [-0.39, 0.29) is 22.5 Å². The molecule has 3 atom stereocenters. The van der Waals surface area contributed by atoms with E-state index in [1.54, 1.807) is 0 Å². The summed E-state index contributed by atoms with van der Waals surface area (Å²) in [6.07, 6.45) is 0.975. The van der Waals surface area contributed by atoms with Crippen LogP contribution in [-0.4, -0.2) is 13.3 Å². The lowest BCUT2D eigenvalue weighted by Gasteiger charge is -2.19. The van der Waals surface area contributed by atoms with Gasteiger partial charge in [0.25, 0.3) is 5.69 Å². The fraction of sp³-hybridized carbons (Fsp3) is 0.294. The summed E-state index contributed by atoms with van der Waals surface area (Å²) in [6, 6.07) is 14.1. The van der Waals surface area contributed by atoms with E-state index < -0.39 is 14.9 Å². The number of nitrogens with one attached hydrogen (secondary N) is 1. The van der Waals surface area contributed by atoms with Crippen molar-refractivity contribution < 1.29 is 13.3 Å². The van der Waals surface area contributed by atoms with Crippen LogP contribution >= 0.6 is 0 Å². The van der Waals surface area contributed by atoms with E-state index in [1.165, 1.54) is 24.3 Å². The number of benzene rings is 2. The standard InChI is InChI=1S/C17H18N2O4S/c1-12-11-16(12)17(13-5-3-2-4-6-13)18-24(22,23)15-9-7-14(8-10-15)19(20)21/h2-10,12,16-18H,11H2,1H3. The lowest BCUT2D eigenvalue weighted by atomic mass is 10.0. The average Bonchev–Trinajstić information content (AvgIpc) is 3.30. The van der Waals surface area contributed by atoms with E-state index in [0.29, 0.717) is 5.92 Å². The van der Waals surface area contributed by atoms with E-state index in [9.17, 15) is 18.5 Å². The van der Waals surface area contributed by atoms with Crippen molar-refractivity contribution in [3.05, 3.63) is 70.3 Å². The highest BCUT2D eigenvalue weighted by Gasteiger charge is 2.42.